The lowest BCUT2D eigenvalue weighted by Gasteiger charge is -2.02. The lowest BCUT2D eigenvalue weighted by atomic mass is 10.2. The van der Waals surface area contributed by atoms with E-state index < -0.39 is 0 Å². The Kier molecular flexibility index (Phi) is 3.01. The highest BCUT2D eigenvalue weighted by molar-refractivity contribution is 6.35. The highest BCUT2D eigenvalue weighted by Gasteiger charge is 2.06. The van der Waals surface area contributed by atoms with Crippen LogP contribution in [0.15, 0.2) is 18.2 Å². The summed E-state index contributed by atoms with van der Waals surface area (Å²) in [6, 6.07) is 3.21. The van der Waals surface area contributed by atoms with Crippen molar-refractivity contribution in [1.82, 2.24) is 0 Å². The molecule has 0 fully saturated rings. The molecule has 0 spiro atoms. The van der Waals surface area contributed by atoms with Gasteiger partial charge in [-0.2, -0.15) is 0 Å². The third-order valence-electron chi connectivity index (χ3n) is 1.45. The van der Waals surface area contributed by atoms with Gasteiger partial charge in [-0.25, -0.2) is 0 Å². The molecule has 0 bridgehead atoms. The summed E-state index contributed by atoms with van der Waals surface area (Å²) in [5.74, 6) is 0.0299. The second kappa shape index (κ2) is 3.83. The fraction of sp³-hybridized carbons (Fsp3) is 0.111. The molecule has 0 saturated carbocycles. The van der Waals surface area contributed by atoms with Crippen LogP contribution < -0.4 is 0 Å². The fourth-order valence-electron chi connectivity index (χ4n) is 0.882. The highest BCUT2D eigenvalue weighted by atomic mass is 35.5. The van der Waals surface area contributed by atoms with Crippen molar-refractivity contribution in [3.8, 4) is 5.75 Å². The molecule has 1 N–H and O–H groups in total. The lowest BCUT2D eigenvalue weighted by molar-refractivity contribution is 0.474. The van der Waals surface area contributed by atoms with Crippen molar-refractivity contribution in [3.63, 3.8) is 0 Å². The Morgan fingerprint density at radius 3 is 2.42 bits per heavy atom. The van der Waals surface area contributed by atoms with E-state index >= 15 is 0 Å². The maximum atomic E-state index is 9.44. The first-order valence-electron chi connectivity index (χ1n) is 3.46. The topological polar surface area (TPSA) is 20.2 Å². The third kappa shape index (κ3) is 1.74. The summed E-state index contributed by atoms with van der Waals surface area (Å²) in [4.78, 5) is 0. The minimum atomic E-state index is 0.0299. The van der Waals surface area contributed by atoms with Crippen molar-refractivity contribution in [2.75, 3.05) is 0 Å². The monoisotopic (exact) mass is 202 g/mol. The van der Waals surface area contributed by atoms with Gasteiger partial charge in [0.2, 0.25) is 0 Å². The van der Waals surface area contributed by atoms with E-state index in [0.717, 1.165) is 0 Å². The summed E-state index contributed by atoms with van der Waals surface area (Å²) in [5, 5.41) is 10.2. The summed E-state index contributed by atoms with van der Waals surface area (Å²) < 4.78 is 0. The van der Waals surface area contributed by atoms with E-state index in [1.165, 1.54) is 0 Å². The number of allylic oxidation sites excluding steroid dienone is 1. The number of aromatic hydroxyl groups is 1. The Balaban J connectivity index is 3.32. The van der Waals surface area contributed by atoms with E-state index in [9.17, 15) is 5.11 Å². The molecule has 1 aromatic carbocycles. The van der Waals surface area contributed by atoms with Gasteiger partial charge in [-0.05, 0) is 19.1 Å². The van der Waals surface area contributed by atoms with Crippen molar-refractivity contribution in [2.24, 2.45) is 0 Å². The van der Waals surface area contributed by atoms with Gasteiger partial charge in [0.1, 0.15) is 5.75 Å². The quantitative estimate of drug-likeness (QED) is 0.737. The number of hydrogen-bond acceptors (Lipinski definition) is 1. The molecular weight excluding hydrogens is 195 g/mol. The van der Waals surface area contributed by atoms with Crippen LogP contribution in [0.25, 0.3) is 6.08 Å². The van der Waals surface area contributed by atoms with Crippen LogP contribution in [0.3, 0.4) is 0 Å². The molecule has 12 heavy (non-hydrogen) atoms. The molecule has 0 atom stereocenters. The first-order chi connectivity index (χ1) is 5.66. The van der Waals surface area contributed by atoms with E-state index in [0.29, 0.717) is 15.6 Å². The smallest absolute Gasteiger partial charge is 0.142 e. The summed E-state index contributed by atoms with van der Waals surface area (Å²) in [6.45, 7) is 1.84. The normalized spacial score (nSPS) is 10.9. The zero-order valence-corrected chi connectivity index (χ0v) is 8.02. The fourth-order valence-corrected chi connectivity index (χ4v) is 1.26. The Hall–Kier alpha value is -0.660. The van der Waals surface area contributed by atoms with E-state index in [1.54, 1.807) is 24.3 Å². The molecule has 0 aromatic heterocycles. The van der Waals surface area contributed by atoms with Crippen LogP contribution in [-0.4, -0.2) is 5.11 Å². The number of benzene rings is 1. The van der Waals surface area contributed by atoms with Crippen LogP contribution in [0.1, 0.15) is 12.5 Å². The summed E-state index contributed by atoms with van der Waals surface area (Å²) in [6.07, 6.45) is 3.50. The van der Waals surface area contributed by atoms with E-state index in [4.69, 9.17) is 23.2 Å². The molecule has 3 heteroatoms. The van der Waals surface area contributed by atoms with Crippen LogP contribution in [-0.2, 0) is 0 Å². The number of phenols is 1. The molecule has 1 aromatic rings. The standard InChI is InChI=1S/C9H8Cl2O/c1-2-3-6-7(10)4-5-8(11)9(6)12/h2-5,12H,1H3/b3-2+. The number of hydrogen-bond donors (Lipinski definition) is 1. The summed E-state index contributed by atoms with van der Waals surface area (Å²) >= 11 is 11.5. The first kappa shape index (κ1) is 9.43. The molecule has 0 aliphatic rings. The predicted octanol–water partition coefficient (Wildman–Crippen LogP) is 3.73. The molecule has 0 aliphatic carbocycles. The SMILES string of the molecule is C/C=C/c1c(Cl)ccc(Cl)c1O. The maximum absolute atomic E-state index is 9.44. The van der Waals surface area contributed by atoms with Gasteiger partial charge in [0.25, 0.3) is 0 Å². The van der Waals surface area contributed by atoms with Crippen LogP contribution >= 0.6 is 23.2 Å². The van der Waals surface area contributed by atoms with Crippen LogP contribution in [0.5, 0.6) is 5.75 Å². The van der Waals surface area contributed by atoms with Gasteiger partial charge < -0.3 is 5.11 Å². The van der Waals surface area contributed by atoms with Gasteiger partial charge in [0, 0.05) is 5.56 Å². The average molecular weight is 203 g/mol. The number of halogens is 2. The second-order valence-corrected chi connectivity index (χ2v) is 3.11. The van der Waals surface area contributed by atoms with Gasteiger partial charge >= 0.3 is 0 Å². The van der Waals surface area contributed by atoms with Gasteiger partial charge in [0.15, 0.2) is 0 Å². The molecule has 0 saturated heterocycles. The predicted molar refractivity (Wildman–Crippen MR) is 52.8 cm³/mol. The van der Waals surface area contributed by atoms with E-state index in [2.05, 4.69) is 0 Å². The van der Waals surface area contributed by atoms with Crippen molar-refractivity contribution in [3.05, 3.63) is 33.8 Å². The van der Waals surface area contributed by atoms with Gasteiger partial charge in [-0.15, -0.1) is 0 Å². The zero-order valence-electron chi connectivity index (χ0n) is 6.51. The molecule has 64 valence electrons. The second-order valence-electron chi connectivity index (χ2n) is 2.29. The Morgan fingerprint density at radius 2 is 1.83 bits per heavy atom. The largest absolute Gasteiger partial charge is 0.506 e. The molecule has 0 heterocycles. The molecule has 0 amide bonds. The van der Waals surface area contributed by atoms with Crippen LogP contribution in [0.4, 0.5) is 0 Å². The molecule has 0 radical (unpaired) electrons. The van der Waals surface area contributed by atoms with Crippen molar-refractivity contribution < 1.29 is 5.11 Å². The third-order valence-corrected chi connectivity index (χ3v) is 2.08. The van der Waals surface area contributed by atoms with Gasteiger partial charge in [-0.1, -0.05) is 35.4 Å². The summed E-state index contributed by atoms with van der Waals surface area (Å²) in [7, 11) is 0. The first-order valence-corrected chi connectivity index (χ1v) is 4.22. The van der Waals surface area contributed by atoms with Crippen molar-refractivity contribution in [1.29, 1.82) is 0 Å². The van der Waals surface area contributed by atoms with E-state index in [-0.39, 0.29) is 5.75 Å². The molecular formula is C9H8Cl2O. The van der Waals surface area contributed by atoms with Gasteiger partial charge in [0.05, 0.1) is 10.0 Å². The Bertz CT molecular complexity index is 319. The van der Waals surface area contributed by atoms with E-state index in [1.807, 2.05) is 6.92 Å². The van der Waals surface area contributed by atoms with Crippen molar-refractivity contribution >= 4 is 29.3 Å². The average Bonchev–Trinajstić information content (AvgIpc) is 2.06. The molecule has 0 aliphatic heterocycles. The Morgan fingerprint density at radius 1 is 1.25 bits per heavy atom. The van der Waals surface area contributed by atoms with Gasteiger partial charge in [-0.3, -0.25) is 0 Å². The Labute approximate surface area is 81.2 Å². The minimum absolute atomic E-state index is 0.0299. The number of rotatable bonds is 1. The van der Waals surface area contributed by atoms with Crippen LogP contribution in [0, 0.1) is 0 Å². The maximum Gasteiger partial charge on any atom is 0.142 e. The molecule has 1 rings (SSSR count). The molecule has 1 nitrogen and oxygen atoms in total. The van der Waals surface area contributed by atoms with Crippen molar-refractivity contribution in [2.45, 2.75) is 6.92 Å². The zero-order chi connectivity index (χ0) is 9.14. The lowest BCUT2D eigenvalue weighted by Crippen LogP contribution is -1.78. The summed E-state index contributed by atoms with van der Waals surface area (Å²) in [5.41, 5.74) is 0.562. The minimum Gasteiger partial charge on any atom is -0.506 e. The highest BCUT2D eigenvalue weighted by Crippen LogP contribution is 2.33. The molecule has 0 unspecified atom stereocenters. The number of phenolic OH excluding ortho intramolecular Hbond substituents is 1. The van der Waals surface area contributed by atoms with Crippen LogP contribution in [0.2, 0.25) is 10.0 Å².